The van der Waals surface area contributed by atoms with Crippen LogP contribution in [0.4, 0.5) is 0 Å². The zero-order valence-electron chi connectivity index (χ0n) is 14.7. The highest BCUT2D eigenvalue weighted by Crippen LogP contribution is 2.43. The molecular formula is C20H23N3OS. The lowest BCUT2D eigenvalue weighted by atomic mass is 9.91. The van der Waals surface area contributed by atoms with E-state index in [0.29, 0.717) is 17.7 Å². The minimum absolute atomic E-state index is 0.329. The van der Waals surface area contributed by atoms with Crippen molar-refractivity contribution < 1.29 is 4.42 Å². The van der Waals surface area contributed by atoms with Gasteiger partial charge in [0.2, 0.25) is 0 Å². The molecule has 1 unspecified atom stereocenters. The van der Waals surface area contributed by atoms with Crippen LogP contribution < -0.4 is 0 Å². The van der Waals surface area contributed by atoms with Gasteiger partial charge in [-0.05, 0) is 42.5 Å². The molecule has 1 aliphatic rings. The normalized spacial score (nSPS) is 17.0. The van der Waals surface area contributed by atoms with Crippen molar-refractivity contribution in [2.75, 3.05) is 0 Å². The summed E-state index contributed by atoms with van der Waals surface area (Å²) in [4.78, 5) is 0. The van der Waals surface area contributed by atoms with Crippen molar-refractivity contribution >= 4 is 11.8 Å². The standard InChI is InChI=1S/C20H23N3OS/c1-14(2)19-21-22-20(23(19)13-16-9-6-12-24-16)25-18-11-5-8-15-7-3-4-10-17(15)18/h3-4,6-7,9-10,12,14,18H,5,8,11,13H2,1-2H3. The van der Waals surface area contributed by atoms with Gasteiger partial charge in [-0.1, -0.05) is 49.9 Å². The monoisotopic (exact) mass is 353 g/mol. The zero-order chi connectivity index (χ0) is 17.2. The molecule has 2 aromatic heterocycles. The van der Waals surface area contributed by atoms with Gasteiger partial charge < -0.3 is 4.42 Å². The Balaban J connectivity index is 1.65. The second-order valence-electron chi connectivity index (χ2n) is 6.86. The summed E-state index contributed by atoms with van der Waals surface area (Å²) in [6.45, 7) is 5.00. The Morgan fingerprint density at radius 3 is 2.88 bits per heavy atom. The Labute approximate surface area is 152 Å². The fraction of sp³-hybridized carbons (Fsp3) is 0.400. The van der Waals surface area contributed by atoms with Gasteiger partial charge >= 0.3 is 0 Å². The molecule has 0 N–H and O–H groups in total. The first-order chi connectivity index (χ1) is 12.2. The summed E-state index contributed by atoms with van der Waals surface area (Å²) in [6, 6.07) is 12.7. The molecule has 130 valence electrons. The maximum atomic E-state index is 5.56. The first kappa shape index (κ1) is 16.5. The SMILES string of the molecule is CC(C)c1nnc(SC2CCCc3ccccc32)n1Cc1ccco1. The Kier molecular flexibility index (Phi) is 4.66. The van der Waals surface area contributed by atoms with E-state index in [0.717, 1.165) is 16.7 Å². The van der Waals surface area contributed by atoms with Gasteiger partial charge in [0.1, 0.15) is 11.6 Å². The van der Waals surface area contributed by atoms with Crippen LogP contribution in [0.3, 0.4) is 0 Å². The van der Waals surface area contributed by atoms with Gasteiger partial charge in [-0.25, -0.2) is 0 Å². The van der Waals surface area contributed by atoms with E-state index < -0.39 is 0 Å². The molecule has 0 spiro atoms. The van der Waals surface area contributed by atoms with Crippen LogP contribution in [-0.2, 0) is 13.0 Å². The van der Waals surface area contributed by atoms with Crippen molar-refractivity contribution in [3.8, 4) is 0 Å². The molecule has 0 saturated heterocycles. The van der Waals surface area contributed by atoms with Gasteiger partial charge in [0.05, 0.1) is 12.8 Å². The number of fused-ring (bicyclic) bond motifs is 1. The summed E-state index contributed by atoms with van der Waals surface area (Å²) >= 11 is 1.84. The summed E-state index contributed by atoms with van der Waals surface area (Å²) < 4.78 is 7.77. The lowest BCUT2D eigenvalue weighted by molar-refractivity contribution is 0.475. The smallest absolute Gasteiger partial charge is 0.192 e. The number of benzene rings is 1. The van der Waals surface area contributed by atoms with Crippen molar-refractivity contribution in [2.45, 2.75) is 56.0 Å². The molecule has 3 aromatic rings. The molecule has 1 aliphatic carbocycles. The van der Waals surface area contributed by atoms with Gasteiger partial charge in [0.15, 0.2) is 5.16 Å². The molecule has 4 nitrogen and oxygen atoms in total. The molecule has 4 rings (SSSR count). The number of nitrogens with zero attached hydrogens (tertiary/aromatic N) is 3. The van der Waals surface area contributed by atoms with Crippen molar-refractivity contribution in [3.63, 3.8) is 0 Å². The van der Waals surface area contributed by atoms with Gasteiger partial charge in [0, 0.05) is 11.2 Å². The predicted octanol–water partition coefficient (Wildman–Crippen LogP) is 5.21. The summed E-state index contributed by atoms with van der Waals surface area (Å²) in [5.74, 6) is 2.28. The van der Waals surface area contributed by atoms with Crippen LogP contribution in [0.15, 0.2) is 52.2 Å². The molecule has 0 radical (unpaired) electrons. The van der Waals surface area contributed by atoms with E-state index in [-0.39, 0.29) is 0 Å². The molecule has 0 fully saturated rings. The third-order valence-corrected chi connectivity index (χ3v) is 6.00. The number of aromatic nitrogens is 3. The molecule has 0 saturated carbocycles. The van der Waals surface area contributed by atoms with E-state index in [1.54, 1.807) is 6.26 Å². The second-order valence-corrected chi connectivity index (χ2v) is 8.03. The topological polar surface area (TPSA) is 43.9 Å². The average molecular weight is 353 g/mol. The third-order valence-electron chi connectivity index (χ3n) is 4.72. The molecule has 0 bridgehead atoms. The lowest BCUT2D eigenvalue weighted by Gasteiger charge is -2.24. The largest absolute Gasteiger partial charge is 0.467 e. The number of hydrogen-bond acceptors (Lipinski definition) is 4. The van der Waals surface area contributed by atoms with Crippen molar-refractivity contribution in [2.24, 2.45) is 0 Å². The van der Waals surface area contributed by atoms with Crippen molar-refractivity contribution in [3.05, 3.63) is 65.4 Å². The van der Waals surface area contributed by atoms with Crippen molar-refractivity contribution in [1.29, 1.82) is 0 Å². The number of hydrogen-bond donors (Lipinski definition) is 0. The minimum Gasteiger partial charge on any atom is -0.467 e. The van der Waals surface area contributed by atoms with Crippen LogP contribution in [0.1, 0.15) is 60.6 Å². The molecule has 0 aliphatic heterocycles. The van der Waals surface area contributed by atoms with Crippen LogP contribution in [0.2, 0.25) is 0 Å². The van der Waals surface area contributed by atoms with Crippen LogP contribution in [0.25, 0.3) is 0 Å². The van der Waals surface area contributed by atoms with Gasteiger partial charge in [-0.3, -0.25) is 4.57 Å². The lowest BCUT2D eigenvalue weighted by Crippen LogP contribution is -2.10. The molecule has 25 heavy (non-hydrogen) atoms. The second kappa shape index (κ2) is 7.08. The molecule has 0 amide bonds. The first-order valence-corrected chi connectivity index (χ1v) is 9.80. The van der Waals surface area contributed by atoms with E-state index in [1.807, 2.05) is 23.9 Å². The number of rotatable bonds is 5. The van der Waals surface area contributed by atoms with E-state index in [2.05, 4.69) is 52.9 Å². The Hall–Kier alpha value is -2.01. The Morgan fingerprint density at radius 2 is 2.08 bits per heavy atom. The van der Waals surface area contributed by atoms with Gasteiger partial charge in [-0.15, -0.1) is 10.2 Å². The highest BCUT2D eigenvalue weighted by Gasteiger charge is 2.25. The van der Waals surface area contributed by atoms with E-state index >= 15 is 0 Å². The summed E-state index contributed by atoms with van der Waals surface area (Å²) in [5, 5.41) is 10.4. The Bertz CT molecular complexity index is 839. The van der Waals surface area contributed by atoms with Crippen LogP contribution >= 0.6 is 11.8 Å². The van der Waals surface area contributed by atoms with Crippen LogP contribution in [-0.4, -0.2) is 14.8 Å². The first-order valence-electron chi connectivity index (χ1n) is 8.92. The van der Waals surface area contributed by atoms with Gasteiger partial charge in [0.25, 0.3) is 0 Å². The molecule has 2 heterocycles. The summed E-state index contributed by atoms with van der Waals surface area (Å²) in [7, 11) is 0. The average Bonchev–Trinajstić information content (AvgIpc) is 3.26. The fourth-order valence-electron chi connectivity index (χ4n) is 3.48. The molecule has 5 heteroatoms. The van der Waals surface area contributed by atoms with Gasteiger partial charge in [-0.2, -0.15) is 0 Å². The zero-order valence-corrected chi connectivity index (χ0v) is 15.5. The quantitative estimate of drug-likeness (QED) is 0.631. The molecular weight excluding hydrogens is 330 g/mol. The third kappa shape index (κ3) is 3.38. The van der Waals surface area contributed by atoms with E-state index in [1.165, 1.54) is 30.4 Å². The minimum atomic E-state index is 0.329. The fourth-order valence-corrected chi connectivity index (χ4v) is 4.75. The number of furan rings is 1. The van der Waals surface area contributed by atoms with E-state index in [9.17, 15) is 0 Å². The van der Waals surface area contributed by atoms with E-state index in [4.69, 9.17) is 4.42 Å². The predicted molar refractivity (Wildman–Crippen MR) is 99.9 cm³/mol. The van der Waals surface area contributed by atoms with Crippen LogP contribution in [0.5, 0.6) is 0 Å². The highest BCUT2D eigenvalue weighted by molar-refractivity contribution is 7.99. The summed E-state index contributed by atoms with van der Waals surface area (Å²) in [6.07, 6.45) is 5.33. The number of thioether (sulfide) groups is 1. The molecule has 1 atom stereocenters. The maximum absolute atomic E-state index is 5.56. The highest BCUT2D eigenvalue weighted by atomic mass is 32.2. The van der Waals surface area contributed by atoms with Crippen molar-refractivity contribution in [1.82, 2.24) is 14.8 Å². The number of aryl methyl sites for hydroxylation is 1. The maximum Gasteiger partial charge on any atom is 0.192 e. The Morgan fingerprint density at radius 1 is 1.20 bits per heavy atom. The van der Waals surface area contributed by atoms with Crippen LogP contribution in [0, 0.1) is 0 Å². The molecule has 1 aromatic carbocycles. The summed E-state index contributed by atoms with van der Waals surface area (Å²) in [5.41, 5.74) is 2.94.